The van der Waals surface area contributed by atoms with Crippen LogP contribution in [0.3, 0.4) is 0 Å². The first-order valence-corrected chi connectivity index (χ1v) is 10.7. The molecule has 9 heteroatoms. The van der Waals surface area contributed by atoms with Crippen molar-refractivity contribution in [3.8, 4) is 23.5 Å². The molecule has 0 fully saturated rings. The fraction of sp³-hybridized carbons (Fsp3) is 0.273. The maximum absolute atomic E-state index is 13.5. The first kappa shape index (κ1) is 19.5. The van der Waals surface area contributed by atoms with Gasteiger partial charge in [-0.25, -0.2) is 15.0 Å². The molecule has 0 radical (unpaired) electrons. The summed E-state index contributed by atoms with van der Waals surface area (Å²) in [5, 5.41) is 6.26. The second-order valence-corrected chi connectivity index (χ2v) is 8.75. The molecule has 5 rings (SSSR count). The van der Waals surface area contributed by atoms with Crippen LogP contribution in [-0.4, -0.2) is 40.5 Å². The highest BCUT2D eigenvalue weighted by Gasteiger charge is 2.33. The highest BCUT2D eigenvalue weighted by molar-refractivity contribution is 7.15. The number of terminal acetylenes is 1. The lowest BCUT2D eigenvalue weighted by molar-refractivity contribution is 0.0954. The van der Waals surface area contributed by atoms with E-state index in [2.05, 4.69) is 33.4 Å². The molecule has 2 aliphatic rings. The standard InChI is InChI=1S/C22H19FN6OS/c1-4-12-9-24-20-18-13-5-6-16(29(3)17-8-15(23)25-10-26-17)28-19(13)11(2)7-14(18)31-21(20)22(30)27-12/h1,5-6,8,10-12,24H,7,9H2,2-3H3,(H,27,30)/t11?,12-/m1/s1. The van der Waals surface area contributed by atoms with Crippen molar-refractivity contribution in [1.29, 1.82) is 0 Å². The molecule has 4 heterocycles. The number of hydrogen-bond donors (Lipinski definition) is 2. The van der Waals surface area contributed by atoms with Gasteiger partial charge in [0.15, 0.2) is 0 Å². The maximum atomic E-state index is 13.5. The zero-order valence-electron chi connectivity index (χ0n) is 16.9. The Labute approximate surface area is 182 Å². The number of amides is 1. The number of anilines is 3. The summed E-state index contributed by atoms with van der Waals surface area (Å²) in [5.74, 6) is 3.11. The number of nitrogens with zero attached hydrogens (tertiary/aromatic N) is 4. The largest absolute Gasteiger partial charge is 0.380 e. The summed E-state index contributed by atoms with van der Waals surface area (Å²) in [4.78, 5) is 28.8. The van der Waals surface area contributed by atoms with Crippen LogP contribution in [0, 0.1) is 18.3 Å². The summed E-state index contributed by atoms with van der Waals surface area (Å²) in [7, 11) is 1.79. The Kier molecular flexibility index (Phi) is 4.59. The molecule has 0 bridgehead atoms. The summed E-state index contributed by atoms with van der Waals surface area (Å²) in [6, 6.07) is 4.81. The Balaban J connectivity index is 1.58. The van der Waals surface area contributed by atoms with Crippen molar-refractivity contribution in [2.45, 2.75) is 25.3 Å². The Hall–Kier alpha value is -3.51. The molecule has 2 N–H and O–H groups in total. The molecule has 1 amide bonds. The molecule has 156 valence electrons. The van der Waals surface area contributed by atoms with Crippen molar-refractivity contribution in [3.05, 3.63) is 45.9 Å². The van der Waals surface area contributed by atoms with Gasteiger partial charge >= 0.3 is 0 Å². The van der Waals surface area contributed by atoms with E-state index >= 15 is 0 Å². The number of aromatic nitrogens is 3. The van der Waals surface area contributed by atoms with Gasteiger partial charge in [-0.15, -0.1) is 17.8 Å². The molecule has 0 aromatic carbocycles. The summed E-state index contributed by atoms with van der Waals surface area (Å²) in [5.41, 5.74) is 3.78. The van der Waals surface area contributed by atoms with Crippen molar-refractivity contribution in [2.75, 3.05) is 23.8 Å². The van der Waals surface area contributed by atoms with Crippen LogP contribution in [0.15, 0.2) is 24.5 Å². The van der Waals surface area contributed by atoms with Crippen LogP contribution in [0.5, 0.6) is 0 Å². The van der Waals surface area contributed by atoms with Gasteiger partial charge in [-0.1, -0.05) is 12.8 Å². The number of rotatable bonds is 2. The summed E-state index contributed by atoms with van der Waals surface area (Å²) < 4.78 is 13.5. The molecular weight excluding hydrogens is 415 g/mol. The normalized spacial score (nSPS) is 19.1. The van der Waals surface area contributed by atoms with E-state index in [0.29, 0.717) is 23.1 Å². The molecule has 0 saturated heterocycles. The van der Waals surface area contributed by atoms with Gasteiger partial charge in [-0.3, -0.25) is 4.79 Å². The van der Waals surface area contributed by atoms with Gasteiger partial charge < -0.3 is 15.5 Å². The predicted octanol–water partition coefficient (Wildman–Crippen LogP) is 3.32. The van der Waals surface area contributed by atoms with Gasteiger partial charge in [0, 0.05) is 41.6 Å². The quantitative estimate of drug-likeness (QED) is 0.476. The Morgan fingerprint density at radius 2 is 2.16 bits per heavy atom. The lowest BCUT2D eigenvalue weighted by Gasteiger charge is -2.25. The number of carbonyl (C=O) groups excluding carboxylic acids is 1. The lowest BCUT2D eigenvalue weighted by Crippen LogP contribution is -2.35. The van der Waals surface area contributed by atoms with E-state index in [4.69, 9.17) is 11.4 Å². The molecule has 31 heavy (non-hydrogen) atoms. The van der Waals surface area contributed by atoms with Gasteiger partial charge in [-0.2, -0.15) is 4.39 Å². The zero-order chi connectivity index (χ0) is 21.7. The lowest BCUT2D eigenvalue weighted by atomic mass is 9.86. The van der Waals surface area contributed by atoms with Crippen molar-refractivity contribution in [2.24, 2.45) is 0 Å². The van der Waals surface area contributed by atoms with Crippen molar-refractivity contribution >= 4 is 34.6 Å². The predicted molar refractivity (Wildman–Crippen MR) is 118 cm³/mol. The summed E-state index contributed by atoms with van der Waals surface area (Å²) in [6.07, 6.45) is 7.50. The van der Waals surface area contributed by atoms with E-state index < -0.39 is 5.95 Å². The number of thiophene rings is 1. The molecule has 1 aliphatic carbocycles. The summed E-state index contributed by atoms with van der Waals surface area (Å²) in [6.45, 7) is 2.59. The molecule has 3 aromatic rings. The maximum Gasteiger partial charge on any atom is 0.264 e. The van der Waals surface area contributed by atoms with Gasteiger partial charge in [0.1, 0.15) is 28.9 Å². The van der Waals surface area contributed by atoms with Gasteiger partial charge in [0.25, 0.3) is 5.91 Å². The molecule has 0 saturated carbocycles. The molecule has 2 atom stereocenters. The van der Waals surface area contributed by atoms with Crippen LogP contribution in [0.2, 0.25) is 0 Å². The molecule has 1 aliphatic heterocycles. The smallest absolute Gasteiger partial charge is 0.264 e. The van der Waals surface area contributed by atoms with Crippen LogP contribution in [0.1, 0.15) is 33.1 Å². The van der Waals surface area contributed by atoms with Crippen LogP contribution >= 0.6 is 11.3 Å². The van der Waals surface area contributed by atoms with E-state index in [-0.39, 0.29) is 17.9 Å². The SMILES string of the molecule is C#C[C@@H]1CNc2c(sc3c2-c2ccc(N(C)c4cc(F)ncn4)nc2C(C)C3)C(=O)N1. The monoisotopic (exact) mass is 434 g/mol. The highest BCUT2D eigenvalue weighted by atomic mass is 32.1. The average Bonchev–Trinajstić information content (AvgIpc) is 3.06. The van der Waals surface area contributed by atoms with E-state index in [1.165, 1.54) is 23.7 Å². The number of fused-ring (bicyclic) bond motifs is 5. The first-order chi connectivity index (χ1) is 15.0. The highest BCUT2D eigenvalue weighted by Crippen LogP contribution is 2.49. The van der Waals surface area contributed by atoms with Crippen molar-refractivity contribution in [3.63, 3.8) is 0 Å². The number of halogens is 1. The molecule has 0 spiro atoms. The minimum atomic E-state index is -0.594. The molecule has 7 nitrogen and oxygen atoms in total. The first-order valence-electron chi connectivity index (χ1n) is 9.85. The van der Waals surface area contributed by atoms with Gasteiger partial charge in [-0.05, 0) is 18.6 Å². The Morgan fingerprint density at radius 1 is 1.32 bits per heavy atom. The van der Waals surface area contributed by atoms with E-state index in [9.17, 15) is 9.18 Å². The average molecular weight is 435 g/mol. The number of hydrogen-bond acceptors (Lipinski definition) is 7. The number of pyridine rings is 1. The van der Waals surface area contributed by atoms with E-state index in [0.717, 1.165) is 33.8 Å². The third-order valence-electron chi connectivity index (χ3n) is 5.62. The van der Waals surface area contributed by atoms with Gasteiger partial charge in [0.05, 0.1) is 11.4 Å². The molecule has 1 unspecified atom stereocenters. The van der Waals surface area contributed by atoms with E-state index in [1.54, 1.807) is 11.9 Å². The third kappa shape index (κ3) is 3.20. The van der Waals surface area contributed by atoms with Gasteiger partial charge in [0.2, 0.25) is 5.95 Å². The zero-order valence-corrected chi connectivity index (χ0v) is 17.8. The van der Waals surface area contributed by atoms with E-state index in [1.807, 2.05) is 12.1 Å². The second-order valence-electron chi connectivity index (χ2n) is 7.64. The Bertz CT molecular complexity index is 1250. The van der Waals surface area contributed by atoms with Crippen LogP contribution < -0.4 is 15.5 Å². The topological polar surface area (TPSA) is 83.0 Å². The fourth-order valence-corrected chi connectivity index (χ4v) is 5.37. The van der Waals surface area contributed by atoms with Crippen LogP contribution in [-0.2, 0) is 6.42 Å². The van der Waals surface area contributed by atoms with Crippen molar-refractivity contribution < 1.29 is 9.18 Å². The van der Waals surface area contributed by atoms with Crippen LogP contribution in [0.25, 0.3) is 11.1 Å². The number of carbonyl (C=O) groups is 1. The minimum Gasteiger partial charge on any atom is -0.380 e. The van der Waals surface area contributed by atoms with Crippen LogP contribution in [0.4, 0.5) is 21.7 Å². The number of nitrogens with one attached hydrogen (secondary N) is 2. The summed E-state index contributed by atoms with van der Waals surface area (Å²) >= 11 is 1.51. The Morgan fingerprint density at radius 3 is 2.94 bits per heavy atom. The molecular formula is C22H19FN6OS. The minimum absolute atomic E-state index is 0.147. The second kappa shape index (κ2) is 7.32. The third-order valence-corrected chi connectivity index (χ3v) is 6.83. The van der Waals surface area contributed by atoms with Crippen molar-refractivity contribution in [1.82, 2.24) is 20.3 Å². The fourth-order valence-electron chi connectivity index (χ4n) is 4.05. The molecule has 3 aromatic heterocycles.